The van der Waals surface area contributed by atoms with Gasteiger partial charge in [-0.05, 0) is 23.1 Å². The number of nitrogens with one attached hydrogen (secondary N) is 1. The van der Waals surface area contributed by atoms with Crippen molar-refractivity contribution in [3.63, 3.8) is 0 Å². The molecule has 1 aliphatic rings. The molecule has 8 nitrogen and oxygen atoms in total. The van der Waals surface area contributed by atoms with E-state index in [1.165, 1.54) is 4.90 Å². The molecule has 1 heterocycles. The Morgan fingerprint density at radius 2 is 1.73 bits per heavy atom. The van der Waals surface area contributed by atoms with Gasteiger partial charge in [0.2, 0.25) is 5.91 Å². The lowest BCUT2D eigenvalue weighted by Gasteiger charge is -2.35. The van der Waals surface area contributed by atoms with Crippen LogP contribution in [0.4, 0.5) is 4.79 Å². The van der Waals surface area contributed by atoms with E-state index in [2.05, 4.69) is 5.32 Å². The molecule has 2 aromatic carbocycles. The van der Waals surface area contributed by atoms with E-state index in [-0.39, 0.29) is 38.2 Å². The summed E-state index contributed by atoms with van der Waals surface area (Å²) in [4.78, 5) is 50.7. The lowest BCUT2D eigenvalue weighted by Crippen LogP contribution is -2.55. The van der Waals surface area contributed by atoms with Gasteiger partial charge in [0, 0.05) is 19.3 Å². The summed E-state index contributed by atoms with van der Waals surface area (Å²) < 4.78 is 5.45. The van der Waals surface area contributed by atoms with Crippen LogP contribution in [0.15, 0.2) is 54.6 Å². The molecule has 33 heavy (non-hydrogen) atoms. The largest absolute Gasteiger partial charge is 0.480 e. The molecule has 0 unspecified atom stereocenters. The highest BCUT2D eigenvalue weighted by Crippen LogP contribution is 2.25. The van der Waals surface area contributed by atoms with Gasteiger partial charge in [0.05, 0.1) is 6.54 Å². The van der Waals surface area contributed by atoms with Gasteiger partial charge in [-0.25, -0.2) is 9.59 Å². The number of hydrogen-bond acceptors (Lipinski definition) is 5. The first kappa shape index (κ1) is 24.0. The summed E-state index contributed by atoms with van der Waals surface area (Å²) in [6.07, 6.45) is -0.0512. The van der Waals surface area contributed by atoms with E-state index < -0.39 is 30.1 Å². The van der Waals surface area contributed by atoms with Gasteiger partial charge >= 0.3 is 12.1 Å². The van der Waals surface area contributed by atoms with Crippen LogP contribution in [-0.2, 0) is 38.7 Å². The summed E-state index contributed by atoms with van der Waals surface area (Å²) in [6.45, 7) is 1.94. The highest BCUT2D eigenvalue weighted by Gasteiger charge is 2.37. The third kappa shape index (κ3) is 6.41. The Morgan fingerprint density at radius 3 is 2.39 bits per heavy atom. The number of nitrogens with zero attached hydrogens (tertiary/aromatic N) is 1. The zero-order chi connectivity index (χ0) is 23.8. The standard InChI is InChI=1S/C25H28N2O6/c1-2-20(28)12-13-21(24(30)31)26-23(29)22-14-18-10-6-7-11-19(18)15-27(22)25(32)33-16-17-8-4-3-5-9-17/h3-11,21-22H,2,12-16H2,1H3,(H,26,29)(H,30,31)/t21-,22+/m1/s1. The Morgan fingerprint density at radius 1 is 1.06 bits per heavy atom. The molecule has 2 amide bonds. The number of carboxylic acids is 1. The van der Waals surface area contributed by atoms with Gasteiger partial charge in [0.25, 0.3) is 0 Å². The molecule has 0 bridgehead atoms. The molecule has 2 aromatic rings. The summed E-state index contributed by atoms with van der Waals surface area (Å²) in [5.74, 6) is -1.88. The third-order valence-corrected chi connectivity index (χ3v) is 5.71. The quantitative estimate of drug-likeness (QED) is 0.605. The number of Topliss-reactive ketones (excluding diaryl/α,β-unsaturated/α-hetero) is 1. The van der Waals surface area contributed by atoms with E-state index in [1.807, 2.05) is 54.6 Å². The highest BCUT2D eigenvalue weighted by atomic mass is 16.6. The first-order chi connectivity index (χ1) is 15.9. The smallest absolute Gasteiger partial charge is 0.411 e. The van der Waals surface area contributed by atoms with Crippen LogP contribution in [0, 0.1) is 0 Å². The summed E-state index contributed by atoms with van der Waals surface area (Å²) in [7, 11) is 0. The average molecular weight is 453 g/mol. The predicted molar refractivity (Wildman–Crippen MR) is 120 cm³/mol. The first-order valence-electron chi connectivity index (χ1n) is 11.0. The van der Waals surface area contributed by atoms with Crippen molar-refractivity contribution < 1.29 is 29.0 Å². The Balaban J connectivity index is 1.75. The fraction of sp³-hybridized carbons (Fsp3) is 0.360. The number of hydrogen-bond donors (Lipinski definition) is 2. The second-order valence-electron chi connectivity index (χ2n) is 7.99. The minimum atomic E-state index is -1.22. The molecular formula is C25H28N2O6. The highest BCUT2D eigenvalue weighted by molar-refractivity contribution is 5.90. The van der Waals surface area contributed by atoms with Crippen LogP contribution in [0.2, 0.25) is 0 Å². The molecule has 0 radical (unpaired) electrons. The monoisotopic (exact) mass is 452 g/mol. The molecule has 0 spiro atoms. The summed E-state index contributed by atoms with van der Waals surface area (Å²) in [6, 6.07) is 14.5. The topological polar surface area (TPSA) is 113 Å². The summed E-state index contributed by atoms with van der Waals surface area (Å²) in [5, 5.41) is 12.0. The van der Waals surface area contributed by atoms with Crippen LogP contribution in [-0.4, -0.2) is 45.8 Å². The molecule has 174 valence electrons. The lowest BCUT2D eigenvalue weighted by atomic mass is 9.93. The maximum absolute atomic E-state index is 13.1. The minimum absolute atomic E-state index is 0.00446. The third-order valence-electron chi connectivity index (χ3n) is 5.71. The number of fused-ring (bicyclic) bond motifs is 1. The van der Waals surface area contributed by atoms with E-state index in [4.69, 9.17) is 4.74 Å². The van der Waals surface area contributed by atoms with E-state index >= 15 is 0 Å². The van der Waals surface area contributed by atoms with Gasteiger partial charge in [-0.3, -0.25) is 14.5 Å². The Labute approximate surface area is 192 Å². The van der Waals surface area contributed by atoms with Gasteiger partial charge < -0.3 is 15.2 Å². The van der Waals surface area contributed by atoms with Crippen LogP contribution < -0.4 is 5.32 Å². The van der Waals surface area contributed by atoms with E-state index in [0.29, 0.717) is 6.42 Å². The van der Waals surface area contributed by atoms with Gasteiger partial charge in [-0.15, -0.1) is 0 Å². The maximum Gasteiger partial charge on any atom is 0.411 e. The molecule has 0 fully saturated rings. The van der Waals surface area contributed by atoms with Crippen molar-refractivity contribution >= 4 is 23.8 Å². The van der Waals surface area contributed by atoms with Crippen molar-refractivity contribution in [1.82, 2.24) is 10.2 Å². The van der Waals surface area contributed by atoms with Crippen molar-refractivity contribution in [3.05, 3.63) is 71.3 Å². The number of carboxylic acid groups (broad SMARTS) is 1. The molecule has 3 rings (SSSR count). The molecule has 0 aromatic heterocycles. The number of carbonyl (C=O) groups excluding carboxylic acids is 3. The van der Waals surface area contributed by atoms with Crippen LogP contribution in [0.5, 0.6) is 0 Å². The molecule has 1 aliphatic heterocycles. The molecule has 0 aliphatic carbocycles. The Kier molecular flexibility index (Phi) is 8.18. The van der Waals surface area contributed by atoms with E-state index in [1.54, 1.807) is 6.92 Å². The fourth-order valence-corrected chi connectivity index (χ4v) is 3.76. The van der Waals surface area contributed by atoms with Crippen molar-refractivity contribution in [1.29, 1.82) is 0 Å². The van der Waals surface area contributed by atoms with E-state index in [0.717, 1.165) is 16.7 Å². The van der Waals surface area contributed by atoms with Crippen LogP contribution in [0.1, 0.15) is 42.9 Å². The van der Waals surface area contributed by atoms with Crippen molar-refractivity contribution in [3.8, 4) is 0 Å². The molecule has 0 saturated heterocycles. The molecule has 8 heteroatoms. The Hall–Kier alpha value is -3.68. The predicted octanol–water partition coefficient (Wildman–Crippen LogP) is 3.08. The van der Waals surface area contributed by atoms with Crippen molar-refractivity contribution in [2.45, 2.75) is 57.8 Å². The van der Waals surface area contributed by atoms with Crippen molar-refractivity contribution in [2.24, 2.45) is 0 Å². The normalized spacial score (nSPS) is 15.8. The van der Waals surface area contributed by atoms with E-state index in [9.17, 15) is 24.3 Å². The molecule has 2 atom stereocenters. The van der Waals surface area contributed by atoms with Gasteiger partial charge in [-0.2, -0.15) is 0 Å². The van der Waals surface area contributed by atoms with Crippen molar-refractivity contribution in [2.75, 3.05) is 0 Å². The number of aliphatic carboxylic acids is 1. The minimum Gasteiger partial charge on any atom is -0.480 e. The fourth-order valence-electron chi connectivity index (χ4n) is 3.76. The summed E-state index contributed by atoms with van der Waals surface area (Å²) >= 11 is 0. The van der Waals surface area contributed by atoms with Gasteiger partial charge in [0.1, 0.15) is 24.5 Å². The zero-order valence-corrected chi connectivity index (χ0v) is 18.5. The number of rotatable bonds is 9. The number of carbonyl (C=O) groups is 4. The lowest BCUT2D eigenvalue weighted by molar-refractivity contribution is -0.143. The van der Waals surface area contributed by atoms with Gasteiger partial charge in [-0.1, -0.05) is 61.5 Å². The first-order valence-corrected chi connectivity index (χ1v) is 11.0. The van der Waals surface area contributed by atoms with Gasteiger partial charge in [0.15, 0.2) is 0 Å². The number of amides is 2. The average Bonchev–Trinajstić information content (AvgIpc) is 2.84. The number of ketones is 1. The number of ether oxygens (including phenoxy) is 1. The molecule has 0 saturated carbocycles. The maximum atomic E-state index is 13.1. The van der Waals surface area contributed by atoms with Crippen LogP contribution >= 0.6 is 0 Å². The second kappa shape index (κ2) is 11.3. The second-order valence-corrected chi connectivity index (χ2v) is 7.99. The number of benzene rings is 2. The summed E-state index contributed by atoms with van der Waals surface area (Å²) in [5.41, 5.74) is 2.63. The SMILES string of the molecule is CCC(=O)CC[C@@H](NC(=O)[C@@H]1Cc2ccccc2CN1C(=O)OCc1ccccc1)C(=O)O. The zero-order valence-electron chi connectivity index (χ0n) is 18.5. The van der Waals surface area contributed by atoms with Crippen LogP contribution in [0.25, 0.3) is 0 Å². The molecular weight excluding hydrogens is 424 g/mol. The Bertz CT molecular complexity index is 1010. The van der Waals surface area contributed by atoms with Crippen LogP contribution in [0.3, 0.4) is 0 Å². The molecule has 2 N–H and O–H groups in total.